The molecule has 0 heterocycles. The number of aliphatic hydroxyl groups excluding tert-OH is 1. The Bertz CT molecular complexity index is 340. The van der Waals surface area contributed by atoms with Gasteiger partial charge >= 0.3 is 0 Å². The Hall–Kier alpha value is -0.840. The molecule has 1 unspecified atom stereocenters. The van der Waals surface area contributed by atoms with E-state index in [1.54, 1.807) is 6.07 Å². The molecule has 0 aromatic heterocycles. The molecule has 0 aliphatic rings. The minimum atomic E-state index is -0.701. The monoisotopic (exact) mass is 261 g/mol. The zero-order valence-electron chi connectivity index (χ0n) is 9.91. The fraction of sp³-hybridized carbons (Fsp3) is 0.500. The number of nitrogens with one attached hydrogen (secondary N) is 1. The van der Waals surface area contributed by atoms with Gasteiger partial charge in [0.05, 0.1) is 29.5 Å². The van der Waals surface area contributed by atoms with Crippen molar-refractivity contribution < 1.29 is 14.2 Å². The Labute approximate surface area is 106 Å². The predicted octanol–water partition coefficient (Wildman–Crippen LogP) is 2.68. The summed E-state index contributed by atoms with van der Waals surface area (Å²) in [6, 6.07) is 4.43. The first kappa shape index (κ1) is 14.2. The summed E-state index contributed by atoms with van der Waals surface area (Å²) in [5.41, 5.74) is 0.206. The zero-order chi connectivity index (χ0) is 12.8. The quantitative estimate of drug-likeness (QED) is 0.827. The molecule has 1 rings (SSSR count). The second-order valence-electron chi connectivity index (χ2n) is 4.01. The van der Waals surface area contributed by atoms with E-state index in [0.29, 0.717) is 5.02 Å². The maximum absolute atomic E-state index is 13.4. The Morgan fingerprint density at radius 1 is 1.47 bits per heavy atom. The van der Waals surface area contributed by atoms with E-state index in [0.717, 1.165) is 0 Å². The number of anilines is 1. The third-order valence-corrected chi connectivity index (χ3v) is 2.41. The van der Waals surface area contributed by atoms with Crippen molar-refractivity contribution in [1.29, 1.82) is 0 Å². The average Bonchev–Trinajstić information content (AvgIpc) is 2.25. The van der Waals surface area contributed by atoms with Crippen LogP contribution in [0.3, 0.4) is 0 Å². The van der Waals surface area contributed by atoms with Gasteiger partial charge < -0.3 is 15.2 Å². The van der Waals surface area contributed by atoms with Gasteiger partial charge in [0.25, 0.3) is 0 Å². The van der Waals surface area contributed by atoms with E-state index in [9.17, 15) is 9.50 Å². The summed E-state index contributed by atoms with van der Waals surface area (Å²) >= 11 is 5.83. The highest BCUT2D eigenvalue weighted by atomic mass is 35.5. The number of hydrogen-bond acceptors (Lipinski definition) is 3. The lowest BCUT2D eigenvalue weighted by Gasteiger charge is -2.15. The third kappa shape index (κ3) is 4.89. The van der Waals surface area contributed by atoms with Crippen LogP contribution in [0.4, 0.5) is 10.1 Å². The molecule has 0 radical (unpaired) electrons. The van der Waals surface area contributed by atoms with Gasteiger partial charge in [0.15, 0.2) is 0 Å². The highest BCUT2D eigenvalue weighted by Gasteiger charge is 2.10. The van der Waals surface area contributed by atoms with E-state index in [1.807, 2.05) is 13.8 Å². The smallest absolute Gasteiger partial charge is 0.147 e. The van der Waals surface area contributed by atoms with Gasteiger partial charge in [0.2, 0.25) is 0 Å². The van der Waals surface area contributed by atoms with E-state index in [2.05, 4.69) is 5.32 Å². The normalized spacial score (nSPS) is 12.8. The predicted molar refractivity (Wildman–Crippen MR) is 67.0 cm³/mol. The van der Waals surface area contributed by atoms with Gasteiger partial charge in [-0.3, -0.25) is 0 Å². The first-order chi connectivity index (χ1) is 8.00. The molecule has 0 amide bonds. The Morgan fingerprint density at radius 2 is 2.18 bits per heavy atom. The maximum Gasteiger partial charge on any atom is 0.147 e. The number of benzene rings is 1. The van der Waals surface area contributed by atoms with Gasteiger partial charge in [-0.05, 0) is 26.0 Å². The second kappa shape index (κ2) is 6.79. The lowest BCUT2D eigenvalue weighted by atomic mass is 10.3. The summed E-state index contributed by atoms with van der Waals surface area (Å²) < 4.78 is 18.6. The van der Waals surface area contributed by atoms with E-state index < -0.39 is 11.9 Å². The molecular formula is C12H17ClFNO2. The highest BCUT2D eigenvalue weighted by molar-refractivity contribution is 6.33. The molecule has 0 aliphatic heterocycles. The molecule has 1 aromatic carbocycles. The molecule has 2 N–H and O–H groups in total. The van der Waals surface area contributed by atoms with Gasteiger partial charge in [-0.15, -0.1) is 0 Å². The van der Waals surface area contributed by atoms with Gasteiger partial charge in [-0.2, -0.15) is 0 Å². The molecule has 5 heteroatoms. The van der Waals surface area contributed by atoms with Crippen molar-refractivity contribution in [2.24, 2.45) is 0 Å². The fourth-order valence-corrected chi connectivity index (χ4v) is 1.48. The second-order valence-corrected chi connectivity index (χ2v) is 4.42. The molecule has 3 nitrogen and oxygen atoms in total. The summed E-state index contributed by atoms with van der Waals surface area (Å²) in [6.07, 6.45) is -0.644. The fourth-order valence-electron chi connectivity index (χ4n) is 1.25. The van der Waals surface area contributed by atoms with Gasteiger partial charge in [0.1, 0.15) is 5.82 Å². The Balaban J connectivity index is 2.44. The van der Waals surface area contributed by atoms with E-state index in [4.69, 9.17) is 16.3 Å². The molecule has 0 aliphatic carbocycles. The number of hydrogen-bond donors (Lipinski definition) is 2. The lowest BCUT2D eigenvalue weighted by molar-refractivity contribution is 0.0112. The van der Waals surface area contributed by atoms with Gasteiger partial charge in [-0.1, -0.05) is 17.7 Å². The van der Waals surface area contributed by atoms with E-state index >= 15 is 0 Å². The van der Waals surface area contributed by atoms with Crippen LogP contribution in [-0.2, 0) is 4.74 Å². The Kier molecular flexibility index (Phi) is 5.68. The molecule has 0 spiro atoms. The minimum Gasteiger partial charge on any atom is -0.389 e. The van der Waals surface area contributed by atoms with Crippen LogP contribution in [0, 0.1) is 5.82 Å². The van der Waals surface area contributed by atoms with Crippen LogP contribution < -0.4 is 5.32 Å². The van der Waals surface area contributed by atoms with Crippen LogP contribution in [0.5, 0.6) is 0 Å². The average molecular weight is 262 g/mol. The van der Waals surface area contributed by atoms with Crippen molar-refractivity contribution in [2.75, 3.05) is 18.5 Å². The lowest BCUT2D eigenvalue weighted by Crippen LogP contribution is -2.26. The molecule has 0 saturated carbocycles. The molecule has 96 valence electrons. The number of aliphatic hydroxyl groups is 1. The number of para-hydroxylation sites is 1. The molecule has 0 saturated heterocycles. The standard InChI is InChI=1S/C12H17ClFNO2/c1-8(2)17-7-9(16)6-15-12-10(13)4-3-5-11(12)14/h3-5,8-9,15-16H,6-7H2,1-2H3. The minimum absolute atomic E-state index is 0.0571. The van der Waals surface area contributed by atoms with Crippen LogP contribution in [0.1, 0.15) is 13.8 Å². The molecule has 0 fully saturated rings. The van der Waals surface area contributed by atoms with Crippen LogP contribution in [0.25, 0.3) is 0 Å². The van der Waals surface area contributed by atoms with E-state index in [1.165, 1.54) is 12.1 Å². The summed E-state index contributed by atoms with van der Waals surface area (Å²) in [5, 5.41) is 12.6. The van der Waals surface area contributed by atoms with Crippen molar-refractivity contribution in [3.05, 3.63) is 29.0 Å². The van der Waals surface area contributed by atoms with Crippen LogP contribution in [-0.4, -0.2) is 30.5 Å². The van der Waals surface area contributed by atoms with Gasteiger partial charge in [-0.25, -0.2) is 4.39 Å². The van der Waals surface area contributed by atoms with E-state index in [-0.39, 0.29) is 24.9 Å². The zero-order valence-corrected chi connectivity index (χ0v) is 10.7. The summed E-state index contributed by atoms with van der Waals surface area (Å²) in [6.45, 7) is 4.16. The number of ether oxygens (including phenoxy) is 1. The van der Waals surface area contributed by atoms with Crippen LogP contribution >= 0.6 is 11.6 Å². The molecule has 0 bridgehead atoms. The summed E-state index contributed by atoms with van der Waals surface area (Å²) in [4.78, 5) is 0. The molecule has 1 atom stereocenters. The van der Waals surface area contributed by atoms with Gasteiger partial charge in [0, 0.05) is 6.54 Å². The number of halogens is 2. The van der Waals surface area contributed by atoms with Crippen molar-refractivity contribution in [1.82, 2.24) is 0 Å². The first-order valence-electron chi connectivity index (χ1n) is 5.48. The summed E-state index contributed by atoms with van der Waals surface area (Å²) in [5.74, 6) is -0.436. The van der Waals surface area contributed by atoms with Crippen molar-refractivity contribution in [3.63, 3.8) is 0 Å². The molecular weight excluding hydrogens is 245 g/mol. The number of rotatable bonds is 6. The molecule has 17 heavy (non-hydrogen) atoms. The molecule has 1 aromatic rings. The van der Waals surface area contributed by atoms with Crippen molar-refractivity contribution >= 4 is 17.3 Å². The van der Waals surface area contributed by atoms with Crippen molar-refractivity contribution in [3.8, 4) is 0 Å². The highest BCUT2D eigenvalue weighted by Crippen LogP contribution is 2.24. The summed E-state index contributed by atoms with van der Waals surface area (Å²) in [7, 11) is 0. The largest absolute Gasteiger partial charge is 0.389 e. The van der Waals surface area contributed by atoms with Crippen LogP contribution in [0.15, 0.2) is 18.2 Å². The Morgan fingerprint density at radius 3 is 2.76 bits per heavy atom. The SMILES string of the molecule is CC(C)OCC(O)CNc1c(F)cccc1Cl. The maximum atomic E-state index is 13.4. The van der Waals surface area contributed by atoms with Crippen LogP contribution in [0.2, 0.25) is 5.02 Å². The topological polar surface area (TPSA) is 41.5 Å². The third-order valence-electron chi connectivity index (χ3n) is 2.10. The first-order valence-corrected chi connectivity index (χ1v) is 5.86. The van der Waals surface area contributed by atoms with Crippen molar-refractivity contribution in [2.45, 2.75) is 26.1 Å².